The Kier molecular flexibility index (Phi) is 3.82. The van der Waals surface area contributed by atoms with Crippen LogP contribution < -0.4 is 0 Å². The van der Waals surface area contributed by atoms with Crippen LogP contribution in [0.2, 0.25) is 0 Å². The highest BCUT2D eigenvalue weighted by Gasteiger charge is 2.39. The largest absolute Gasteiger partial charge is 0.471 e. The number of rotatable bonds is 4. The van der Waals surface area contributed by atoms with Gasteiger partial charge in [-0.05, 0) is 0 Å². The van der Waals surface area contributed by atoms with E-state index in [9.17, 15) is 17.4 Å². The molecule has 6 nitrogen and oxygen atoms in total. The molecule has 0 aliphatic rings. The third-order valence-corrected chi connectivity index (χ3v) is 4.62. The predicted octanol–water partition coefficient (Wildman–Crippen LogP) is 1.66. The molecule has 2 unspecified atom stereocenters. The Balaban J connectivity index is 2.89. The van der Waals surface area contributed by atoms with Crippen LogP contribution in [0.5, 0.6) is 0 Å². The molecule has 0 spiro atoms. The molecule has 0 saturated heterocycles. The van der Waals surface area contributed by atoms with Crippen LogP contribution in [0.25, 0.3) is 0 Å². The summed E-state index contributed by atoms with van der Waals surface area (Å²) in [6.45, 7) is -5.45. The molecule has 2 N–H and O–H groups in total. The highest BCUT2D eigenvalue weighted by atomic mass is 32.8. The van der Waals surface area contributed by atoms with Gasteiger partial charge in [0.2, 0.25) is 6.36 Å². The SMILES string of the molecule is O=P(O)(OC(F)c1ccccc1)S(=O)(=O)O. The second-order valence-electron chi connectivity index (χ2n) is 2.75. The van der Waals surface area contributed by atoms with Crippen molar-refractivity contribution < 1.29 is 31.3 Å². The van der Waals surface area contributed by atoms with Crippen molar-refractivity contribution in [2.45, 2.75) is 6.36 Å². The molecule has 0 saturated carbocycles. The van der Waals surface area contributed by atoms with Gasteiger partial charge in [0, 0.05) is 5.56 Å². The first-order chi connectivity index (χ1) is 7.24. The summed E-state index contributed by atoms with van der Waals surface area (Å²) in [6.07, 6.45) is -2.42. The number of hydrogen-bond donors (Lipinski definition) is 2. The van der Waals surface area contributed by atoms with Crippen LogP contribution in [-0.4, -0.2) is 17.9 Å². The quantitative estimate of drug-likeness (QED) is 0.637. The Morgan fingerprint density at radius 3 is 2.25 bits per heavy atom. The van der Waals surface area contributed by atoms with Crippen molar-refractivity contribution in [1.29, 1.82) is 0 Å². The summed E-state index contributed by atoms with van der Waals surface area (Å²) in [4.78, 5) is 8.74. The normalized spacial score (nSPS) is 17.7. The third-order valence-electron chi connectivity index (χ3n) is 1.58. The minimum Gasteiger partial charge on any atom is -0.311 e. The zero-order valence-corrected chi connectivity index (χ0v) is 9.44. The highest BCUT2D eigenvalue weighted by Crippen LogP contribution is 2.52. The Labute approximate surface area is 90.7 Å². The van der Waals surface area contributed by atoms with Gasteiger partial charge in [0.15, 0.2) is 0 Å². The molecule has 9 heteroatoms. The van der Waals surface area contributed by atoms with Crippen LogP contribution in [0.1, 0.15) is 11.9 Å². The number of alkyl halides is 1. The fourth-order valence-electron chi connectivity index (χ4n) is 0.837. The van der Waals surface area contributed by atoms with Crippen molar-refractivity contribution in [2.24, 2.45) is 0 Å². The molecule has 2 atom stereocenters. The second kappa shape index (κ2) is 4.60. The molecule has 16 heavy (non-hydrogen) atoms. The average molecular weight is 270 g/mol. The van der Waals surface area contributed by atoms with Gasteiger partial charge in [0.1, 0.15) is 0 Å². The van der Waals surface area contributed by atoms with Gasteiger partial charge in [-0.3, -0.25) is 9.08 Å². The topological polar surface area (TPSA) is 101 Å². The maximum atomic E-state index is 13.2. The monoisotopic (exact) mass is 270 g/mol. The smallest absolute Gasteiger partial charge is 0.311 e. The average Bonchev–Trinajstić information content (AvgIpc) is 2.16. The van der Waals surface area contributed by atoms with Gasteiger partial charge in [0.05, 0.1) is 0 Å². The zero-order chi connectivity index (χ0) is 12.4. The van der Waals surface area contributed by atoms with Crippen molar-refractivity contribution >= 4 is 16.5 Å². The number of halogens is 1. The van der Waals surface area contributed by atoms with Crippen LogP contribution in [0.4, 0.5) is 4.39 Å². The number of hydrogen-bond acceptors (Lipinski definition) is 4. The van der Waals surface area contributed by atoms with Gasteiger partial charge >= 0.3 is 16.5 Å². The molecule has 0 bridgehead atoms. The lowest BCUT2D eigenvalue weighted by molar-refractivity contribution is 0.0595. The first kappa shape index (κ1) is 13.3. The molecule has 1 rings (SSSR count). The molecule has 0 fully saturated rings. The van der Waals surface area contributed by atoms with E-state index < -0.39 is 22.9 Å². The van der Waals surface area contributed by atoms with E-state index in [1.807, 2.05) is 0 Å². The van der Waals surface area contributed by atoms with Gasteiger partial charge in [-0.15, -0.1) is 0 Å². The van der Waals surface area contributed by atoms with Gasteiger partial charge in [0.25, 0.3) is 0 Å². The van der Waals surface area contributed by atoms with E-state index in [4.69, 9.17) is 9.45 Å². The summed E-state index contributed by atoms with van der Waals surface area (Å²) in [5.74, 6) is 0. The fourth-order valence-corrected chi connectivity index (χ4v) is 1.85. The molecule has 1 aromatic carbocycles. The molecule has 1 aromatic rings. The van der Waals surface area contributed by atoms with Crippen molar-refractivity contribution in [3.63, 3.8) is 0 Å². The molecule has 0 radical (unpaired) electrons. The van der Waals surface area contributed by atoms with Gasteiger partial charge in [-0.25, -0.2) is 8.96 Å². The maximum Gasteiger partial charge on any atom is 0.471 e. The molecular weight excluding hydrogens is 262 g/mol. The van der Waals surface area contributed by atoms with Crippen LogP contribution in [-0.2, 0) is 18.8 Å². The molecule has 0 amide bonds. The van der Waals surface area contributed by atoms with E-state index in [-0.39, 0.29) is 5.56 Å². The predicted molar refractivity (Wildman–Crippen MR) is 52.7 cm³/mol. The summed E-state index contributed by atoms with van der Waals surface area (Å²) < 4.78 is 57.0. The standard InChI is InChI=1S/C7H8FO6PS/c8-7(6-4-2-1-3-5-6)14-15(9,10)16(11,12)13/h1-5,7H,(H,9,10)(H,11,12,13). The summed E-state index contributed by atoms with van der Waals surface area (Å²) in [5.41, 5.74) is -0.138. The summed E-state index contributed by atoms with van der Waals surface area (Å²) in [6, 6.07) is 6.89. The molecule has 90 valence electrons. The van der Waals surface area contributed by atoms with E-state index in [2.05, 4.69) is 4.52 Å². The molecule has 0 heterocycles. The van der Waals surface area contributed by atoms with Gasteiger partial charge in [-0.1, -0.05) is 30.3 Å². The molecule has 0 aliphatic heterocycles. The van der Waals surface area contributed by atoms with Crippen molar-refractivity contribution in [2.75, 3.05) is 0 Å². The lowest BCUT2D eigenvalue weighted by Gasteiger charge is -2.12. The van der Waals surface area contributed by atoms with E-state index in [1.54, 1.807) is 6.07 Å². The Hall–Kier alpha value is -0.790. The number of benzene rings is 1. The van der Waals surface area contributed by atoms with Crippen molar-refractivity contribution in [3.05, 3.63) is 35.9 Å². The molecule has 0 aromatic heterocycles. The van der Waals surface area contributed by atoms with E-state index in [0.29, 0.717) is 0 Å². The van der Waals surface area contributed by atoms with E-state index in [0.717, 1.165) is 0 Å². The summed E-state index contributed by atoms with van der Waals surface area (Å²) >= 11 is 0. The molecule has 0 aliphatic carbocycles. The Morgan fingerprint density at radius 1 is 1.31 bits per heavy atom. The maximum absolute atomic E-state index is 13.2. The zero-order valence-electron chi connectivity index (χ0n) is 7.72. The first-order valence-corrected chi connectivity index (χ1v) is 7.54. The Bertz CT molecular complexity index is 501. The van der Waals surface area contributed by atoms with Crippen LogP contribution in [0.3, 0.4) is 0 Å². The van der Waals surface area contributed by atoms with Crippen LogP contribution in [0.15, 0.2) is 30.3 Å². The van der Waals surface area contributed by atoms with Gasteiger partial charge < -0.3 is 4.89 Å². The van der Waals surface area contributed by atoms with Gasteiger partial charge in [-0.2, -0.15) is 8.42 Å². The summed E-state index contributed by atoms with van der Waals surface area (Å²) in [7, 11) is -5.36. The van der Waals surface area contributed by atoms with E-state index >= 15 is 0 Å². The van der Waals surface area contributed by atoms with Crippen LogP contribution in [0, 0.1) is 0 Å². The minimum atomic E-state index is -5.45. The third kappa shape index (κ3) is 3.10. The lowest BCUT2D eigenvalue weighted by Crippen LogP contribution is -2.05. The highest BCUT2D eigenvalue weighted by molar-refractivity contribution is 8.46. The van der Waals surface area contributed by atoms with Crippen LogP contribution >= 0.6 is 6.80 Å². The summed E-state index contributed by atoms with van der Waals surface area (Å²) in [5, 5.41) is 0. The first-order valence-electron chi connectivity index (χ1n) is 3.92. The second-order valence-corrected chi connectivity index (χ2v) is 7.56. The van der Waals surface area contributed by atoms with E-state index in [1.165, 1.54) is 24.3 Å². The minimum absolute atomic E-state index is 0.138. The lowest BCUT2D eigenvalue weighted by atomic mass is 10.2. The molecular formula is C7H8FO6PS. The fraction of sp³-hybridized carbons (Fsp3) is 0.143. The Morgan fingerprint density at radius 2 is 1.81 bits per heavy atom. The van der Waals surface area contributed by atoms with Crippen molar-refractivity contribution in [3.8, 4) is 0 Å². The van der Waals surface area contributed by atoms with Crippen molar-refractivity contribution in [1.82, 2.24) is 0 Å².